The van der Waals surface area contributed by atoms with E-state index in [0.717, 1.165) is 17.0 Å². The van der Waals surface area contributed by atoms with Crippen LogP contribution in [0.3, 0.4) is 0 Å². The van der Waals surface area contributed by atoms with E-state index in [9.17, 15) is 5.11 Å². The van der Waals surface area contributed by atoms with Crippen LogP contribution in [0.1, 0.15) is 5.82 Å². The number of aromatic hydroxyl groups is 1. The zero-order chi connectivity index (χ0) is 9.97. The Morgan fingerprint density at radius 2 is 1.71 bits per heavy atom. The van der Waals surface area contributed by atoms with E-state index in [1.165, 1.54) is 0 Å². The van der Waals surface area contributed by atoms with E-state index in [-0.39, 0.29) is 5.75 Å². The summed E-state index contributed by atoms with van der Waals surface area (Å²) in [6.07, 6.45) is 3.41. The van der Waals surface area contributed by atoms with Gasteiger partial charge in [0.25, 0.3) is 0 Å². The van der Waals surface area contributed by atoms with Crippen LogP contribution >= 0.6 is 0 Å². The molecule has 1 heterocycles. The number of phenolic OH excluding ortho intramolecular Hbond substituents is 1. The molecule has 1 N–H and O–H groups in total. The number of rotatable bonds is 1. The lowest BCUT2D eigenvalue weighted by atomic mass is 10.1. The zero-order valence-corrected chi connectivity index (χ0v) is 7.81. The van der Waals surface area contributed by atoms with E-state index in [0.29, 0.717) is 0 Å². The zero-order valence-electron chi connectivity index (χ0n) is 7.81. The highest BCUT2D eigenvalue weighted by molar-refractivity contribution is 5.68. The van der Waals surface area contributed by atoms with Gasteiger partial charge in [0.05, 0.1) is 0 Å². The first-order valence-corrected chi connectivity index (χ1v) is 4.34. The maximum Gasteiger partial charge on any atom is 0.125 e. The van der Waals surface area contributed by atoms with E-state index in [1.54, 1.807) is 24.5 Å². The molecule has 2 rings (SSSR count). The van der Waals surface area contributed by atoms with Gasteiger partial charge < -0.3 is 5.11 Å². The first-order chi connectivity index (χ1) is 6.77. The summed E-state index contributed by atoms with van der Waals surface area (Å²) in [7, 11) is 0. The maximum atomic E-state index is 9.58. The summed E-state index contributed by atoms with van der Waals surface area (Å²) in [5.74, 6) is 0.976. The van der Waals surface area contributed by atoms with E-state index in [2.05, 4.69) is 9.97 Å². The first-order valence-electron chi connectivity index (χ1n) is 4.34. The van der Waals surface area contributed by atoms with Crippen molar-refractivity contribution in [3.63, 3.8) is 0 Å². The minimum atomic E-state index is 0.250. The third-order valence-electron chi connectivity index (χ3n) is 2.00. The van der Waals surface area contributed by atoms with E-state index in [4.69, 9.17) is 0 Å². The standard InChI is InChI=1S/C11H10N2O/c1-8-12-6-9(7-13-8)10-4-2-3-5-11(10)14/h2-7,14H,1H3. The van der Waals surface area contributed by atoms with Gasteiger partial charge in [-0.15, -0.1) is 0 Å². The smallest absolute Gasteiger partial charge is 0.125 e. The maximum absolute atomic E-state index is 9.58. The van der Waals surface area contributed by atoms with Crippen molar-refractivity contribution in [2.45, 2.75) is 6.92 Å². The lowest BCUT2D eigenvalue weighted by Gasteiger charge is -2.02. The average molecular weight is 186 g/mol. The summed E-state index contributed by atoms with van der Waals surface area (Å²) in [6.45, 7) is 1.83. The number of aryl methyl sites for hydroxylation is 1. The van der Waals surface area contributed by atoms with Crippen molar-refractivity contribution in [1.82, 2.24) is 9.97 Å². The Morgan fingerprint density at radius 3 is 2.36 bits per heavy atom. The third kappa shape index (κ3) is 1.57. The van der Waals surface area contributed by atoms with Gasteiger partial charge in [0.1, 0.15) is 11.6 Å². The predicted molar refractivity (Wildman–Crippen MR) is 53.9 cm³/mol. The summed E-state index contributed by atoms with van der Waals surface area (Å²) < 4.78 is 0. The summed E-state index contributed by atoms with van der Waals surface area (Å²) in [5, 5.41) is 9.58. The van der Waals surface area contributed by atoms with Crippen molar-refractivity contribution in [3.8, 4) is 16.9 Å². The van der Waals surface area contributed by atoms with Crippen LogP contribution in [0.4, 0.5) is 0 Å². The molecule has 0 unspecified atom stereocenters. The number of hydrogen-bond donors (Lipinski definition) is 1. The molecule has 0 fully saturated rings. The fraction of sp³-hybridized carbons (Fsp3) is 0.0909. The van der Waals surface area contributed by atoms with Gasteiger partial charge in [-0.3, -0.25) is 0 Å². The topological polar surface area (TPSA) is 46.0 Å². The molecule has 0 aliphatic rings. The van der Waals surface area contributed by atoms with Crippen molar-refractivity contribution in [1.29, 1.82) is 0 Å². The Bertz CT molecular complexity index is 437. The Hall–Kier alpha value is -1.90. The number of phenols is 1. The van der Waals surface area contributed by atoms with Gasteiger partial charge in [-0.2, -0.15) is 0 Å². The van der Waals surface area contributed by atoms with Gasteiger partial charge >= 0.3 is 0 Å². The Morgan fingerprint density at radius 1 is 1.07 bits per heavy atom. The van der Waals surface area contributed by atoms with Crippen molar-refractivity contribution in [2.75, 3.05) is 0 Å². The molecule has 1 aromatic carbocycles. The molecule has 14 heavy (non-hydrogen) atoms. The van der Waals surface area contributed by atoms with Crippen molar-refractivity contribution in [3.05, 3.63) is 42.5 Å². The van der Waals surface area contributed by atoms with Gasteiger partial charge in [0, 0.05) is 23.5 Å². The average Bonchev–Trinajstić information content (AvgIpc) is 2.20. The second-order valence-electron chi connectivity index (χ2n) is 3.04. The van der Waals surface area contributed by atoms with E-state index < -0.39 is 0 Å². The van der Waals surface area contributed by atoms with E-state index >= 15 is 0 Å². The van der Waals surface area contributed by atoms with Crippen LogP contribution in [0.15, 0.2) is 36.7 Å². The Kier molecular flexibility index (Phi) is 2.14. The van der Waals surface area contributed by atoms with Crippen molar-refractivity contribution < 1.29 is 5.11 Å². The van der Waals surface area contributed by atoms with Gasteiger partial charge in [0.15, 0.2) is 0 Å². The molecule has 0 bridgehead atoms. The normalized spacial score (nSPS) is 10.1. The molecule has 2 aromatic rings. The summed E-state index contributed by atoms with van der Waals surface area (Å²) in [4.78, 5) is 8.15. The molecular weight excluding hydrogens is 176 g/mol. The lowest BCUT2D eigenvalue weighted by molar-refractivity contribution is 0.477. The quantitative estimate of drug-likeness (QED) is 0.742. The molecule has 0 aliphatic heterocycles. The summed E-state index contributed by atoms with van der Waals surface area (Å²) >= 11 is 0. The molecule has 0 spiro atoms. The van der Waals surface area contributed by atoms with E-state index in [1.807, 2.05) is 19.1 Å². The highest BCUT2D eigenvalue weighted by atomic mass is 16.3. The number of para-hydroxylation sites is 1. The highest BCUT2D eigenvalue weighted by Gasteiger charge is 2.02. The molecule has 0 amide bonds. The fourth-order valence-electron chi connectivity index (χ4n) is 1.25. The first kappa shape index (κ1) is 8.69. The molecule has 0 aliphatic carbocycles. The number of benzene rings is 1. The van der Waals surface area contributed by atoms with Gasteiger partial charge in [-0.05, 0) is 13.0 Å². The van der Waals surface area contributed by atoms with Crippen LogP contribution < -0.4 is 0 Å². The Balaban J connectivity index is 2.50. The van der Waals surface area contributed by atoms with Crippen LogP contribution in [-0.4, -0.2) is 15.1 Å². The molecule has 0 atom stereocenters. The SMILES string of the molecule is Cc1ncc(-c2ccccc2O)cn1. The highest BCUT2D eigenvalue weighted by Crippen LogP contribution is 2.26. The van der Waals surface area contributed by atoms with Crippen molar-refractivity contribution in [2.24, 2.45) is 0 Å². The number of aromatic nitrogens is 2. The molecular formula is C11H10N2O. The lowest BCUT2D eigenvalue weighted by Crippen LogP contribution is -1.87. The van der Waals surface area contributed by atoms with Crippen LogP contribution in [-0.2, 0) is 0 Å². The van der Waals surface area contributed by atoms with Crippen LogP contribution in [0, 0.1) is 6.92 Å². The predicted octanol–water partition coefficient (Wildman–Crippen LogP) is 2.16. The minimum absolute atomic E-state index is 0.250. The molecule has 0 radical (unpaired) electrons. The Labute approximate surface area is 82.1 Å². The van der Waals surface area contributed by atoms with Gasteiger partial charge in [-0.1, -0.05) is 18.2 Å². The largest absolute Gasteiger partial charge is 0.507 e. The van der Waals surface area contributed by atoms with Gasteiger partial charge in [0.2, 0.25) is 0 Å². The van der Waals surface area contributed by atoms with Gasteiger partial charge in [-0.25, -0.2) is 9.97 Å². The second-order valence-corrected chi connectivity index (χ2v) is 3.04. The molecule has 3 nitrogen and oxygen atoms in total. The molecule has 0 saturated carbocycles. The monoisotopic (exact) mass is 186 g/mol. The second kappa shape index (κ2) is 3.46. The van der Waals surface area contributed by atoms with Crippen molar-refractivity contribution >= 4 is 0 Å². The summed E-state index contributed by atoms with van der Waals surface area (Å²) in [5.41, 5.74) is 1.58. The van der Waals surface area contributed by atoms with Crippen LogP contribution in [0.5, 0.6) is 5.75 Å². The molecule has 0 saturated heterocycles. The molecule has 1 aromatic heterocycles. The summed E-state index contributed by atoms with van der Waals surface area (Å²) in [6, 6.07) is 7.14. The minimum Gasteiger partial charge on any atom is -0.507 e. The fourth-order valence-corrected chi connectivity index (χ4v) is 1.25. The van der Waals surface area contributed by atoms with Crippen LogP contribution in [0.25, 0.3) is 11.1 Å². The number of hydrogen-bond acceptors (Lipinski definition) is 3. The third-order valence-corrected chi connectivity index (χ3v) is 2.00. The van der Waals surface area contributed by atoms with Crippen LogP contribution in [0.2, 0.25) is 0 Å². The molecule has 3 heteroatoms. The number of nitrogens with zero attached hydrogens (tertiary/aromatic N) is 2. The molecule has 70 valence electrons.